The molecular formula is C9H10N2S. The summed E-state index contributed by atoms with van der Waals surface area (Å²) >= 11 is 1.83. The van der Waals surface area contributed by atoms with Gasteiger partial charge in [0.2, 0.25) is 0 Å². The van der Waals surface area contributed by atoms with Crippen LogP contribution in [-0.2, 0) is 13.1 Å². The third kappa shape index (κ3) is 0.778. The Hall–Kier alpha value is -0.800. The van der Waals surface area contributed by atoms with Crippen LogP contribution < -0.4 is 5.32 Å². The number of thiophene rings is 1. The highest BCUT2D eigenvalue weighted by atomic mass is 32.1. The van der Waals surface area contributed by atoms with E-state index >= 15 is 0 Å². The van der Waals surface area contributed by atoms with Gasteiger partial charge in [0.15, 0.2) is 0 Å². The van der Waals surface area contributed by atoms with Crippen molar-refractivity contribution in [1.29, 1.82) is 0 Å². The first-order chi connectivity index (χ1) is 5.95. The maximum Gasteiger partial charge on any atom is 0.0592 e. The molecule has 2 nitrogen and oxygen atoms in total. The van der Waals surface area contributed by atoms with E-state index in [4.69, 9.17) is 0 Å². The summed E-state index contributed by atoms with van der Waals surface area (Å²) in [5.74, 6) is 0. The van der Waals surface area contributed by atoms with Gasteiger partial charge in [-0.1, -0.05) is 0 Å². The van der Waals surface area contributed by atoms with Crippen LogP contribution in [0.3, 0.4) is 0 Å². The highest BCUT2D eigenvalue weighted by Gasteiger charge is 2.11. The molecule has 62 valence electrons. The first-order valence-corrected chi connectivity index (χ1v) is 5.09. The van der Waals surface area contributed by atoms with Gasteiger partial charge in [-0.15, -0.1) is 11.3 Å². The number of nitrogens with one attached hydrogen (secondary N) is 1. The van der Waals surface area contributed by atoms with Gasteiger partial charge in [0.1, 0.15) is 0 Å². The van der Waals surface area contributed by atoms with E-state index in [2.05, 4.69) is 27.4 Å². The Labute approximate surface area is 74.8 Å². The lowest BCUT2D eigenvalue weighted by Gasteiger charge is -2.16. The van der Waals surface area contributed by atoms with Crippen LogP contribution >= 0.6 is 11.3 Å². The molecule has 1 aliphatic heterocycles. The second kappa shape index (κ2) is 2.34. The van der Waals surface area contributed by atoms with Crippen LogP contribution in [0.2, 0.25) is 0 Å². The summed E-state index contributed by atoms with van der Waals surface area (Å²) in [5.41, 5.74) is 2.85. The van der Waals surface area contributed by atoms with Crippen LogP contribution in [-0.4, -0.2) is 11.1 Å². The van der Waals surface area contributed by atoms with Crippen molar-refractivity contribution in [3.63, 3.8) is 0 Å². The van der Waals surface area contributed by atoms with Crippen molar-refractivity contribution in [3.05, 3.63) is 23.2 Å². The number of nitrogens with zero attached hydrogens (tertiary/aromatic N) is 1. The van der Waals surface area contributed by atoms with E-state index in [1.807, 2.05) is 11.3 Å². The summed E-state index contributed by atoms with van der Waals surface area (Å²) in [6.07, 6.45) is 0. The molecule has 0 aromatic carbocycles. The summed E-state index contributed by atoms with van der Waals surface area (Å²) in [6.45, 7) is 3.25. The molecule has 0 aliphatic carbocycles. The van der Waals surface area contributed by atoms with Crippen LogP contribution in [0.5, 0.6) is 0 Å². The van der Waals surface area contributed by atoms with Gasteiger partial charge < -0.3 is 9.88 Å². The van der Waals surface area contributed by atoms with Gasteiger partial charge in [-0.2, -0.15) is 0 Å². The fourth-order valence-electron chi connectivity index (χ4n) is 1.85. The molecule has 0 atom stereocenters. The van der Waals surface area contributed by atoms with E-state index in [0.29, 0.717) is 0 Å². The molecule has 0 bridgehead atoms. The van der Waals surface area contributed by atoms with Crippen LogP contribution in [0.1, 0.15) is 5.69 Å². The molecule has 2 aromatic rings. The number of hydrogen-bond donors (Lipinski definition) is 1. The number of hydrogen-bond acceptors (Lipinski definition) is 2. The zero-order valence-electron chi connectivity index (χ0n) is 6.71. The third-order valence-electron chi connectivity index (χ3n) is 2.43. The third-order valence-corrected chi connectivity index (χ3v) is 3.28. The number of aromatic nitrogens is 1. The molecule has 3 rings (SSSR count). The van der Waals surface area contributed by atoms with Gasteiger partial charge in [0.05, 0.1) is 10.2 Å². The molecule has 0 amide bonds. The first-order valence-electron chi connectivity index (χ1n) is 4.21. The average molecular weight is 178 g/mol. The molecule has 1 N–H and O–H groups in total. The van der Waals surface area contributed by atoms with Crippen LogP contribution in [0, 0.1) is 0 Å². The number of fused-ring (bicyclic) bond motifs is 3. The van der Waals surface area contributed by atoms with Crippen LogP contribution in [0.15, 0.2) is 17.5 Å². The number of rotatable bonds is 0. The molecule has 0 radical (unpaired) electrons. The minimum absolute atomic E-state index is 1.03. The molecule has 1 aliphatic rings. The quantitative estimate of drug-likeness (QED) is 0.651. The SMILES string of the molecule is c1cc2c(cc3n2CCNC3)s1. The highest BCUT2D eigenvalue weighted by Crippen LogP contribution is 2.25. The van der Waals surface area contributed by atoms with E-state index in [1.54, 1.807) is 0 Å². The Morgan fingerprint density at radius 2 is 2.50 bits per heavy atom. The second-order valence-electron chi connectivity index (χ2n) is 3.13. The van der Waals surface area contributed by atoms with Gasteiger partial charge in [-0.05, 0) is 17.5 Å². The smallest absolute Gasteiger partial charge is 0.0592 e. The van der Waals surface area contributed by atoms with E-state index in [0.717, 1.165) is 19.6 Å². The van der Waals surface area contributed by atoms with Gasteiger partial charge in [-0.3, -0.25) is 0 Å². The van der Waals surface area contributed by atoms with Crippen molar-refractivity contribution in [2.45, 2.75) is 13.1 Å². The minimum Gasteiger partial charge on any atom is -0.341 e. The summed E-state index contributed by atoms with van der Waals surface area (Å²) in [4.78, 5) is 0. The van der Waals surface area contributed by atoms with E-state index < -0.39 is 0 Å². The summed E-state index contributed by atoms with van der Waals surface area (Å²) in [6, 6.07) is 4.51. The van der Waals surface area contributed by atoms with Crippen molar-refractivity contribution >= 4 is 21.6 Å². The fraction of sp³-hybridized carbons (Fsp3) is 0.333. The molecule has 0 saturated carbocycles. The lowest BCUT2D eigenvalue weighted by molar-refractivity contribution is 0.527. The second-order valence-corrected chi connectivity index (χ2v) is 4.08. The van der Waals surface area contributed by atoms with Crippen molar-refractivity contribution in [1.82, 2.24) is 9.88 Å². The molecule has 0 fully saturated rings. The average Bonchev–Trinajstić information content (AvgIpc) is 2.62. The standard InChI is InChI=1S/C9H10N2S/c1-4-12-9-5-7-6-10-2-3-11(7)8(1)9/h1,4-5,10H,2-3,6H2. The zero-order valence-corrected chi connectivity index (χ0v) is 7.53. The van der Waals surface area contributed by atoms with E-state index in [1.165, 1.54) is 15.9 Å². The Balaban J connectivity index is 2.34. The van der Waals surface area contributed by atoms with Crippen molar-refractivity contribution in [2.24, 2.45) is 0 Å². The molecule has 3 heterocycles. The first kappa shape index (κ1) is 6.69. The van der Waals surface area contributed by atoms with Gasteiger partial charge in [0, 0.05) is 25.3 Å². The van der Waals surface area contributed by atoms with E-state index in [9.17, 15) is 0 Å². The molecule has 2 aromatic heterocycles. The van der Waals surface area contributed by atoms with Crippen molar-refractivity contribution in [3.8, 4) is 0 Å². The maximum atomic E-state index is 3.38. The predicted octanol–water partition coefficient (Wildman–Crippen LogP) is 1.81. The summed E-state index contributed by atoms with van der Waals surface area (Å²) in [7, 11) is 0. The van der Waals surface area contributed by atoms with Gasteiger partial charge >= 0.3 is 0 Å². The van der Waals surface area contributed by atoms with Crippen molar-refractivity contribution in [2.75, 3.05) is 6.54 Å². The van der Waals surface area contributed by atoms with Crippen LogP contribution in [0.25, 0.3) is 10.2 Å². The molecule has 0 unspecified atom stereocenters. The fourth-order valence-corrected chi connectivity index (χ4v) is 2.69. The Morgan fingerprint density at radius 3 is 3.50 bits per heavy atom. The maximum absolute atomic E-state index is 3.38. The molecule has 3 heteroatoms. The summed E-state index contributed by atoms with van der Waals surface area (Å²) < 4.78 is 3.84. The lowest BCUT2D eigenvalue weighted by Crippen LogP contribution is -2.27. The van der Waals surface area contributed by atoms with E-state index in [-0.39, 0.29) is 0 Å². The topological polar surface area (TPSA) is 17.0 Å². The minimum atomic E-state index is 1.03. The molecule has 12 heavy (non-hydrogen) atoms. The Bertz CT molecular complexity index is 413. The highest BCUT2D eigenvalue weighted by molar-refractivity contribution is 7.17. The van der Waals surface area contributed by atoms with Gasteiger partial charge in [-0.25, -0.2) is 0 Å². The predicted molar refractivity (Wildman–Crippen MR) is 51.5 cm³/mol. The normalized spacial score (nSPS) is 16.7. The largest absolute Gasteiger partial charge is 0.341 e. The van der Waals surface area contributed by atoms with Crippen LogP contribution in [0.4, 0.5) is 0 Å². The Morgan fingerprint density at radius 1 is 1.50 bits per heavy atom. The molecule has 0 spiro atoms. The summed E-state index contributed by atoms with van der Waals surface area (Å²) in [5, 5.41) is 5.54. The Kier molecular flexibility index (Phi) is 1.31. The molecular weight excluding hydrogens is 168 g/mol. The van der Waals surface area contributed by atoms with Crippen molar-refractivity contribution < 1.29 is 0 Å². The lowest BCUT2D eigenvalue weighted by atomic mass is 10.3. The molecule has 0 saturated heterocycles. The zero-order chi connectivity index (χ0) is 7.97. The monoisotopic (exact) mass is 178 g/mol. The van der Waals surface area contributed by atoms with Gasteiger partial charge in [0.25, 0.3) is 0 Å².